The average Bonchev–Trinajstić information content (AvgIpc) is 2.57. The first-order valence-electron chi connectivity index (χ1n) is 8.73. The first-order valence-corrected chi connectivity index (χ1v) is 8.73. The van der Waals surface area contributed by atoms with Crippen LogP contribution < -0.4 is 0 Å². The molecule has 2 rings (SSSR count). The molecular weight excluding hydrogens is 329 g/mol. The minimum Gasteiger partial charge on any atom is -0.375 e. The molecule has 0 spiro atoms. The number of halogens is 2. The molecule has 1 fully saturated rings. The van der Waals surface area contributed by atoms with E-state index in [2.05, 4.69) is 18.7 Å². The summed E-state index contributed by atoms with van der Waals surface area (Å²) in [6, 6.07) is 5.82. The molecule has 1 saturated heterocycles. The molecule has 24 heavy (non-hydrogen) atoms. The number of ether oxygens (including phenoxy) is 1. The van der Waals surface area contributed by atoms with E-state index < -0.39 is 0 Å². The molecular formula is C19H29ClFNO2. The summed E-state index contributed by atoms with van der Waals surface area (Å²) in [6.07, 6.45) is 4.58. The Morgan fingerprint density at radius 1 is 1.21 bits per heavy atom. The molecule has 1 aliphatic rings. The molecule has 0 N–H and O–H groups in total. The molecule has 0 bridgehead atoms. The zero-order chi connectivity index (χ0) is 16.7. The summed E-state index contributed by atoms with van der Waals surface area (Å²) >= 11 is 0. The van der Waals surface area contributed by atoms with Gasteiger partial charge in [-0.2, -0.15) is 0 Å². The van der Waals surface area contributed by atoms with Gasteiger partial charge in [0.25, 0.3) is 0 Å². The third-order valence-electron chi connectivity index (χ3n) is 4.91. The van der Waals surface area contributed by atoms with Crippen LogP contribution in [-0.2, 0) is 4.74 Å². The Morgan fingerprint density at radius 2 is 1.83 bits per heavy atom. The summed E-state index contributed by atoms with van der Waals surface area (Å²) in [6.45, 7) is 8.06. The van der Waals surface area contributed by atoms with Gasteiger partial charge in [-0.25, -0.2) is 4.39 Å². The van der Waals surface area contributed by atoms with Crippen molar-refractivity contribution in [3.05, 3.63) is 35.6 Å². The van der Waals surface area contributed by atoms with E-state index in [9.17, 15) is 9.18 Å². The maximum atomic E-state index is 12.9. The number of hydrogen-bond donors (Lipinski definition) is 0. The van der Waals surface area contributed by atoms with Crippen molar-refractivity contribution in [2.45, 2.75) is 51.6 Å². The van der Waals surface area contributed by atoms with Gasteiger partial charge in [-0.1, -0.05) is 6.92 Å². The topological polar surface area (TPSA) is 29.5 Å². The fourth-order valence-electron chi connectivity index (χ4n) is 3.33. The lowest BCUT2D eigenvalue weighted by atomic mass is 9.88. The zero-order valence-electron chi connectivity index (χ0n) is 14.7. The number of rotatable bonds is 8. The van der Waals surface area contributed by atoms with Crippen LogP contribution in [0.15, 0.2) is 24.3 Å². The predicted octanol–water partition coefficient (Wildman–Crippen LogP) is 4.49. The van der Waals surface area contributed by atoms with Crippen LogP contribution in [0, 0.1) is 5.82 Å². The molecule has 136 valence electrons. The van der Waals surface area contributed by atoms with Gasteiger partial charge in [0, 0.05) is 31.7 Å². The lowest BCUT2D eigenvalue weighted by molar-refractivity contribution is -0.0814. The number of ketones is 1. The highest BCUT2D eigenvalue weighted by molar-refractivity contribution is 5.95. The van der Waals surface area contributed by atoms with E-state index in [1.54, 1.807) is 12.1 Å². The third kappa shape index (κ3) is 5.83. The van der Waals surface area contributed by atoms with Gasteiger partial charge in [0.2, 0.25) is 0 Å². The molecule has 5 heteroatoms. The van der Waals surface area contributed by atoms with Crippen LogP contribution in [0.1, 0.15) is 56.3 Å². The minimum absolute atomic E-state index is 0. The number of likely N-dealkylation sites (tertiary alicyclic amines) is 1. The number of hydrogen-bond acceptors (Lipinski definition) is 3. The second-order valence-corrected chi connectivity index (χ2v) is 6.34. The van der Waals surface area contributed by atoms with Gasteiger partial charge in [-0.05, 0) is 63.4 Å². The number of nitrogens with zero attached hydrogens (tertiary/aromatic N) is 1. The van der Waals surface area contributed by atoms with Crippen molar-refractivity contribution < 1.29 is 13.9 Å². The number of benzene rings is 1. The molecule has 0 amide bonds. The van der Waals surface area contributed by atoms with Gasteiger partial charge in [0.15, 0.2) is 5.78 Å². The SMILES string of the molecule is CCOC1(CC)CCN(CCCC(=O)c2ccc(F)cc2)CC1.Cl. The molecule has 0 aliphatic carbocycles. The van der Waals surface area contributed by atoms with Crippen molar-refractivity contribution in [1.82, 2.24) is 4.90 Å². The van der Waals surface area contributed by atoms with E-state index in [-0.39, 0.29) is 29.6 Å². The molecule has 1 heterocycles. The van der Waals surface area contributed by atoms with E-state index in [4.69, 9.17) is 4.74 Å². The van der Waals surface area contributed by atoms with E-state index >= 15 is 0 Å². The third-order valence-corrected chi connectivity index (χ3v) is 4.91. The van der Waals surface area contributed by atoms with Crippen LogP contribution >= 0.6 is 12.4 Å². The number of carbonyl (C=O) groups is 1. The molecule has 0 aromatic heterocycles. The second-order valence-electron chi connectivity index (χ2n) is 6.34. The van der Waals surface area contributed by atoms with Crippen LogP contribution in [0.5, 0.6) is 0 Å². The van der Waals surface area contributed by atoms with Crippen LogP contribution in [-0.4, -0.2) is 42.5 Å². The summed E-state index contributed by atoms with van der Waals surface area (Å²) in [5.41, 5.74) is 0.668. The van der Waals surface area contributed by atoms with E-state index in [0.717, 1.165) is 51.9 Å². The van der Waals surface area contributed by atoms with E-state index in [1.165, 1.54) is 12.1 Å². The highest BCUT2D eigenvalue weighted by Crippen LogP contribution is 2.29. The smallest absolute Gasteiger partial charge is 0.162 e. The lowest BCUT2D eigenvalue weighted by Gasteiger charge is -2.41. The maximum Gasteiger partial charge on any atom is 0.162 e. The fraction of sp³-hybridized carbons (Fsp3) is 0.632. The molecule has 0 radical (unpaired) electrons. The summed E-state index contributed by atoms with van der Waals surface area (Å²) in [7, 11) is 0. The molecule has 0 saturated carbocycles. The van der Waals surface area contributed by atoms with Gasteiger partial charge in [0.1, 0.15) is 5.82 Å². The minimum atomic E-state index is -0.302. The van der Waals surface area contributed by atoms with Crippen molar-refractivity contribution in [3.63, 3.8) is 0 Å². The summed E-state index contributed by atoms with van der Waals surface area (Å²) in [4.78, 5) is 14.5. The molecule has 1 aromatic carbocycles. The monoisotopic (exact) mass is 357 g/mol. The van der Waals surface area contributed by atoms with Gasteiger partial charge in [0.05, 0.1) is 5.60 Å². The van der Waals surface area contributed by atoms with Gasteiger partial charge >= 0.3 is 0 Å². The van der Waals surface area contributed by atoms with Crippen molar-refractivity contribution in [3.8, 4) is 0 Å². The Balaban J connectivity index is 0.00000288. The largest absolute Gasteiger partial charge is 0.375 e. The van der Waals surface area contributed by atoms with Crippen LogP contribution in [0.4, 0.5) is 4.39 Å². The van der Waals surface area contributed by atoms with E-state index in [1.807, 2.05) is 0 Å². The molecule has 0 unspecified atom stereocenters. The van der Waals surface area contributed by atoms with Crippen molar-refractivity contribution >= 4 is 18.2 Å². The van der Waals surface area contributed by atoms with Gasteiger partial charge in [-0.15, -0.1) is 12.4 Å². The van der Waals surface area contributed by atoms with Crippen molar-refractivity contribution in [2.24, 2.45) is 0 Å². The summed E-state index contributed by atoms with van der Waals surface area (Å²) in [5.74, 6) is -0.206. The van der Waals surface area contributed by atoms with Gasteiger partial charge < -0.3 is 9.64 Å². The van der Waals surface area contributed by atoms with Crippen molar-refractivity contribution in [2.75, 3.05) is 26.2 Å². The van der Waals surface area contributed by atoms with Crippen molar-refractivity contribution in [1.29, 1.82) is 0 Å². The van der Waals surface area contributed by atoms with Gasteiger partial charge in [-0.3, -0.25) is 4.79 Å². The summed E-state index contributed by atoms with van der Waals surface area (Å²) in [5, 5.41) is 0. The fourth-order valence-corrected chi connectivity index (χ4v) is 3.33. The summed E-state index contributed by atoms with van der Waals surface area (Å²) < 4.78 is 18.8. The van der Waals surface area contributed by atoms with Crippen LogP contribution in [0.3, 0.4) is 0 Å². The highest BCUT2D eigenvalue weighted by atomic mass is 35.5. The lowest BCUT2D eigenvalue weighted by Crippen LogP contribution is -2.46. The average molecular weight is 358 g/mol. The van der Waals surface area contributed by atoms with Crippen LogP contribution in [0.2, 0.25) is 0 Å². The highest BCUT2D eigenvalue weighted by Gasteiger charge is 2.33. The number of Topliss-reactive ketones (excluding diaryl/α,β-unsaturated/α-hetero) is 1. The maximum absolute atomic E-state index is 12.9. The number of carbonyl (C=O) groups excluding carboxylic acids is 1. The van der Waals surface area contributed by atoms with Crippen LogP contribution in [0.25, 0.3) is 0 Å². The molecule has 0 atom stereocenters. The predicted molar refractivity (Wildman–Crippen MR) is 97.5 cm³/mol. The standard InChI is InChI=1S/C19H28FNO2.ClH/c1-3-19(23-4-2)11-14-21(15-12-19)13-5-6-18(22)16-7-9-17(20)10-8-16;/h7-10H,3-6,11-15H2,1-2H3;1H. The number of piperidine rings is 1. The normalized spacial score (nSPS) is 17.3. The van der Waals surface area contributed by atoms with E-state index in [0.29, 0.717) is 12.0 Å². The first kappa shape index (κ1) is 21.1. The Kier molecular flexibility index (Phi) is 8.88. The second kappa shape index (κ2) is 10.1. The Bertz CT molecular complexity index is 499. The molecule has 1 aromatic rings. The Hall–Kier alpha value is -0.970. The zero-order valence-corrected chi connectivity index (χ0v) is 15.5. The quantitative estimate of drug-likeness (QED) is 0.642. The molecule has 1 aliphatic heterocycles. The molecule has 3 nitrogen and oxygen atoms in total. The Labute approximate surface area is 151 Å². The Morgan fingerprint density at radius 3 is 2.38 bits per heavy atom. The first-order chi connectivity index (χ1) is 11.1.